The number of nitrogens with zero attached hydrogens (tertiary/aromatic N) is 3. The van der Waals surface area contributed by atoms with Crippen LogP contribution in [0.25, 0.3) is 10.9 Å². The number of likely N-dealkylation sites (tertiary alicyclic amines) is 1. The van der Waals surface area contributed by atoms with Gasteiger partial charge >= 0.3 is 0 Å². The number of anilines is 2. The molecule has 0 bridgehead atoms. The van der Waals surface area contributed by atoms with Crippen LogP contribution in [0, 0.1) is 0 Å². The Hall–Kier alpha value is -2.85. The maximum atomic E-state index is 11.1. The highest BCUT2D eigenvalue weighted by atomic mass is 16.5. The van der Waals surface area contributed by atoms with Crippen LogP contribution in [-0.2, 0) is 4.79 Å². The van der Waals surface area contributed by atoms with Gasteiger partial charge in [0.15, 0.2) is 11.5 Å². The number of nitrogens with one attached hydrogen (secondary N) is 3. The van der Waals surface area contributed by atoms with E-state index in [-0.39, 0.29) is 5.91 Å². The summed E-state index contributed by atoms with van der Waals surface area (Å²) in [5, 5.41) is 16.5. The molecule has 1 aliphatic heterocycles. The van der Waals surface area contributed by atoms with E-state index in [0.29, 0.717) is 36.0 Å². The van der Waals surface area contributed by atoms with Crippen molar-refractivity contribution < 1.29 is 19.5 Å². The van der Waals surface area contributed by atoms with E-state index in [2.05, 4.69) is 29.4 Å². The molecule has 10 heteroatoms. The summed E-state index contributed by atoms with van der Waals surface area (Å²) in [6, 6.07) is 4.74. The summed E-state index contributed by atoms with van der Waals surface area (Å²) in [6.45, 7) is 7.36. The quantitative estimate of drug-likeness (QED) is 0.189. The molecule has 0 spiro atoms. The number of piperidine rings is 1. The van der Waals surface area contributed by atoms with Crippen LogP contribution in [0.4, 0.5) is 11.8 Å². The Bertz CT molecular complexity index is 963. The van der Waals surface area contributed by atoms with Crippen LogP contribution < -0.4 is 25.6 Å². The first-order valence-electron chi connectivity index (χ1n) is 12.6. The average Bonchev–Trinajstić information content (AvgIpc) is 2.87. The summed E-state index contributed by atoms with van der Waals surface area (Å²) in [4.78, 5) is 23.1. The fourth-order valence-corrected chi connectivity index (χ4v) is 4.42. The van der Waals surface area contributed by atoms with Crippen molar-refractivity contribution in [3.63, 3.8) is 0 Å². The molecule has 0 saturated carbocycles. The first-order chi connectivity index (χ1) is 16.9. The Morgan fingerprint density at radius 2 is 1.77 bits per heavy atom. The van der Waals surface area contributed by atoms with Crippen LogP contribution in [-0.4, -0.2) is 71.9 Å². The van der Waals surface area contributed by atoms with Gasteiger partial charge in [-0.1, -0.05) is 12.8 Å². The summed E-state index contributed by atoms with van der Waals surface area (Å²) in [5.41, 5.74) is 2.46. The smallest absolute Gasteiger partial charge is 0.243 e. The Balaban J connectivity index is 1.69. The molecule has 35 heavy (non-hydrogen) atoms. The van der Waals surface area contributed by atoms with Crippen LogP contribution in [0.5, 0.6) is 11.5 Å². The molecule has 0 unspecified atom stereocenters. The Morgan fingerprint density at radius 1 is 1.09 bits per heavy atom. The van der Waals surface area contributed by atoms with E-state index in [1.807, 2.05) is 12.1 Å². The molecule has 1 amide bonds. The van der Waals surface area contributed by atoms with E-state index in [1.54, 1.807) is 19.7 Å². The third-order valence-electron chi connectivity index (χ3n) is 6.54. The summed E-state index contributed by atoms with van der Waals surface area (Å²) in [5.74, 6) is 2.32. The molecule has 194 valence electrons. The fraction of sp³-hybridized carbons (Fsp3) is 0.640. The molecule has 1 saturated heterocycles. The predicted octanol–water partition coefficient (Wildman–Crippen LogP) is 3.80. The molecule has 1 aromatic carbocycles. The summed E-state index contributed by atoms with van der Waals surface area (Å²) >= 11 is 0. The van der Waals surface area contributed by atoms with Gasteiger partial charge in [-0.25, -0.2) is 10.5 Å². The van der Waals surface area contributed by atoms with E-state index < -0.39 is 0 Å². The number of amides is 1. The van der Waals surface area contributed by atoms with Crippen LogP contribution >= 0.6 is 0 Å². The van der Waals surface area contributed by atoms with Crippen molar-refractivity contribution in [1.29, 1.82) is 0 Å². The van der Waals surface area contributed by atoms with Crippen molar-refractivity contribution in [3.8, 4) is 11.5 Å². The largest absolute Gasteiger partial charge is 0.493 e. The lowest BCUT2D eigenvalue weighted by molar-refractivity contribution is -0.129. The zero-order chi connectivity index (χ0) is 25.2. The van der Waals surface area contributed by atoms with Crippen molar-refractivity contribution in [1.82, 2.24) is 20.3 Å². The van der Waals surface area contributed by atoms with Gasteiger partial charge in [-0.05, 0) is 45.6 Å². The van der Waals surface area contributed by atoms with E-state index in [1.165, 1.54) is 0 Å². The SMILES string of the molecule is COc1cc2nc(NCCCCCCC(=O)NO)nc(NC3CCN(C(C)C)CC3)c2cc1OC. The molecule has 1 aromatic heterocycles. The molecular formula is C25H40N6O4. The number of carbonyl (C=O) groups is 1. The molecule has 2 heterocycles. The van der Waals surface area contributed by atoms with E-state index in [4.69, 9.17) is 24.6 Å². The Labute approximate surface area is 207 Å². The van der Waals surface area contributed by atoms with Gasteiger partial charge in [0.05, 0.1) is 19.7 Å². The lowest BCUT2D eigenvalue weighted by Gasteiger charge is -2.35. The lowest BCUT2D eigenvalue weighted by Crippen LogP contribution is -2.42. The van der Waals surface area contributed by atoms with Gasteiger partial charge in [0.1, 0.15) is 5.82 Å². The zero-order valence-corrected chi connectivity index (χ0v) is 21.4. The van der Waals surface area contributed by atoms with Gasteiger partial charge in [0, 0.05) is 49.6 Å². The molecular weight excluding hydrogens is 448 g/mol. The first-order valence-corrected chi connectivity index (χ1v) is 12.6. The van der Waals surface area contributed by atoms with E-state index in [9.17, 15) is 4.79 Å². The minimum Gasteiger partial charge on any atom is -0.493 e. The third-order valence-corrected chi connectivity index (χ3v) is 6.54. The molecule has 2 aromatic rings. The topological polar surface area (TPSA) is 121 Å². The second-order valence-corrected chi connectivity index (χ2v) is 9.29. The van der Waals surface area contributed by atoms with Crippen LogP contribution in [0.2, 0.25) is 0 Å². The number of fused-ring (bicyclic) bond motifs is 1. The highest BCUT2D eigenvalue weighted by Crippen LogP contribution is 2.35. The second-order valence-electron chi connectivity index (χ2n) is 9.29. The number of ether oxygens (including phenoxy) is 2. The molecule has 1 fully saturated rings. The number of methoxy groups -OCH3 is 2. The van der Waals surface area contributed by atoms with Crippen LogP contribution in [0.1, 0.15) is 58.8 Å². The number of benzene rings is 1. The fourth-order valence-electron chi connectivity index (χ4n) is 4.42. The highest BCUT2D eigenvalue weighted by molar-refractivity contribution is 5.92. The molecule has 4 N–H and O–H groups in total. The summed E-state index contributed by atoms with van der Waals surface area (Å²) in [6.07, 6.45) is 6.06. The normalized spacial score (nSPS) is 14.8. The van der Waals surface area contributed by atoms with Crippen molar-refractivity contribution in [2.24, 2.45) is 0 Å². The summed E-state index contributed by atoms with van der Waals surface area (Å²) in [7, 11) is 3.25. The molecule has 1 aliphatic rings. The molecule has 0 radical (unpaired) electrons. The van der Waals surface area contributed by atoms with Crippen LogP contribution in [0.3, 0.4) is 0 Å². The van der Waals surface area contributed by atoms with Crippen molar-refractivity contribution in [3.05, 3.63) is 12.1 Å². The lowest BCUT2D eigenvalue weighted by atomic mass is 10.0. The number of aromatic nitrogens is 2. The standard InChI is InChI=1S/C25H40N6O4/c1-17(2)31-13-10-18(11-14-31)27-24-19-15-21(34-3)22(35-4)16-20(19)28-25(29-24)26-12-8-6-5-7-9-23(32)30-33/h15-18,33H,5-14H2,1-4H3,(H,30,32)(H2,26,27,28,29). The van der Waals surface area contributed by atoms with Gasteiger partial charge in [-0.15, -0.1) is 0 Å². The van der Waals surface area contributed by atoms with Gasteiger partial charge in [-0.2, -0.15) is 4.98 Å². The number of hydrogen-bond acceptors (Lipinski definition) is 9. The number of unbranched alkanes of at least 4 members (excludes halogenated alkanes) is 3. The van der Waals surface area contributed by atoms with E-state index in [0.717, 1.165) is 74.9 Å². The minimum absolute atomic E-state index is 0.338. The first kappa shape index (κ1) is 26.7. The predicted molar refractivity (Wildman–Crippen MR) is 137 cm³/mol. The molecule has 10 nitrogen and oxygen atoms in total. The zero-order valence-electron chi connectivity index (χ0n) is 21.4. The van der Waals surface area contributed by atoms with Crippen molar-refractivity contribution in [2.75, 3.05) is 44.5 Å². The highest BCUT2D eigenvalue weighted by Gasteiger charge is 2.22. The average molecular weight is 489 g/mol. The molecule has 0 aliphatic carbocycles. The summed E-state index contributed by atoms with van der Waals surface area (Å²) < 4.78 is 11.0. The maximum absolute atomic E-state index is 11.1. The monoisotopic (exact) mass is 488 g/mol. The number of carbonyl (C=O) groups excluding carboxylic acids is 1. The van der Waals surface area contributed by atoms with Crippen LogP contribution in [0.15, 0.2) is 12.1 Å². The van der Waals surface area contributed by atoms with Gasteiger partial charge < -0.3 is 25.0 Å². The number of hydroxylamine groups is 1. The minimum atomic E-state index is -0.338. The Morgan fingerprint density at radius 3 is 2.43 bits per heavy atom. The second kappa shape index (κ2) is 13.3. The van der Waals surface area contributed by atoms with Crippen molar-refractivity contribution >= 4 is 28.6 Å². The molecule has 0 atom stereocenters. The van der Waals surface area contributed by atoms with Gasteiger partial charge in [0.2, 0.25) is 11.9 Å². The maximum Gasteiger partial charge on any atom is 0.243 e. The van der Waals surface area contributed by atoms with E-state index >= 15 is 0 Å². The van der Waals surface area contributed by atoms with Gasteiger partial charge in [-0.3, -0.25) is 10.0 Å². The van der Waals surface area contributed by atoms with Crippen molar-refractivity contribution in [2.45, 2.75) is 70.9 Å². The number of hydrogen-bond donors (Lipinski definition) is 4. The van der Waals surface area contributed by atoms with Gasteiger partial charge in [0.25, 0.3) is 0 Å². The Kier molecular flexibility index (Phi) is 10.2. The number of rotatable bonds is 13. The molecule has 3 rings (SSSR count). The third kappa shape index (κ3) is 7.57.